The van der Waals surface area contributed by atoms with Crippen LogP contribution in [-0.2, 0) is 18.6 Å². The summed E-state index contributed by atoms with van der Waals surface area (Å²) in [4.78, 5) is 23.1. The second kappa shape index (κ2) is 8.45. The molecule has 0 aliphatic heterocycles. The number of carbonyl (C=O) groups excluding carboxylic acids is 2. The maximum Gasteiger partial charge on any atom is 0.332 e. The Morgan fingerprint density at radius 2 is 1.96 bits per heavy atom. The van der Waals surface area contributed by atoms with Gasteiger partial charge in [-0.3, -0.25) is 9.36 Å². The first kappa shape index (κ1) is 18.9. The maximum atomic E-state index is 13.3. The van der Waals surface area contributed by atoms with E-state index in [1.807, 2.05) is 5.43 Å². The first-order valence-corrected chi connectivity index (χ1v) is 8.53. The number of hydrogen-bond acceptors (Lipinski definition) is 6. The zero-order valence-corrected chi connectivity index (χ0v) is 14.1. The Morgan fingerprint density at radius 1 is 1.35 bits per heavy atom. The van der Waals surface area contributed by atoms with Gasteiger partial charge in [0.05, 0.1) is 12.3 Å². The van der Waals surface area contributed by atoms with Crippen LogP contribution in [0.25, 0.3) is 0 Å². The molecule has 0 radical (unpaired) electrons. The number of nitrogens with two attached hydrogens (primary N) is 1. The maximum absolute atomic E-state index is 13.3. The minimum atomic E-state index is -3.66. The lowest BCUT2D eigenvalue weighted by molar-refractivity contribution is -0.141. The van der Waals surface area contributed by atoms with Crippen molar-refractivity contribution < 1.29 is 23.4 Å². The Morgan fingerprint density at radius 3 is 2.43 bits per heavy atom. The smallest absolute Gasteiger partial charge is 0.332 e. The number of nitrogens with zero attached hydrogens (tertiary/aromatic N) is 1. The van der Waals surface area contributed by atoms with Crippen molar-refractivity contribution in [1.82, 2.24) is 5.43 Å². The summed E-state index contributed by atoms with van der Waals surface area (Å²) >= 11 is 0. The number of amides is 2. The van der Waals surface area contributed by atoms with Gasteiger partial charge in [0, 0.05) is 12.4 Å². The Labute approximate surface area is 134 Å². The topological polar surface area (TPSA) is 120 Å². The lowest BCUT2D eigenvalue weighted by Gasteiger charge is -2.24. The van der Waals surface area contributed by atoms with Crippen LogP contribution < -0.4 is 16.5 Å². The Balaban J connectivity index is 3.36. The van der Waals surface area contributed by atoms with Crippen molar-refractivity contribution in [2.45, 2.75) is 19.5 Å². The van der Waals surface area contributed by atoms with Gasteiger partial charge in [-0.25, -0.2) is 10.2 Å². The summed E-state index contributed by atoms with van der Waals surface area (Å²) in [5, 5.41) is 4.05. The minimum absolute atomic E-state index is 0.0660. The SMILES string of the molecule is CCOC(=O)C(/C(C)=N/NC(N)=O)P(=O)(OC)c1ccccc1. The quantitative estimate of drug-likeness (QED) is 0.334. The molecule has 1 rings (SSSR count). The van der Waals surface area contributed by atoms with Crippen LogP contribution in [0.2, 0.25) is 0 Å². The zero-order valence-electron chi connectivity index (χ0n) is 13.2. The molecule has 0 aromatic heterocycles. The van der Waals surface area contributed by atoms with Crippen molar-refractivity contribution in [3.05, 3.63) is 30.3 Å². The van der Waals surface area contributed by atoms with Crippen LogP contribution in [-0.4, -0.2) is 37.1 Å². The number of hydrogen-bond donors (Lipinski definition) is 2. The standard InChI is InChI=1S/C14H20N3O5P/c1-4-22-13(18)12(10(2)16-17-14(15)19)23(20,21-3)11-8-6-5-7-9-11/h5-9,12H,4H2,1-3H3,(H3,15,17,19)/b16-10+. The van der Waals surface area contributed by atoms with Gasteiger partial charge >= 0.3 is 12.0 Å². The highest BCUT2D eigenvalue weighted by atomic mass is 31.2. The van der Waals surface area contributed by atoms with Crippen LogP contribution in [0.15, 0.2) is 35.4 Å². The molecule has 0 fully saturated rings. The molecule has 2 unspecified atom stereocenters. The lowest BCUT2D eigenvalue weighted by atomic mass is 10.3. The third-order valence-electron chi connectivity index (χ3n) is 2.98. The molecule has 8 nitrogen and oxygen atoms in total. The molecular formula is C14H20N3O5P. The summed E-state index contributed by atoms with van der Waals surface area (Å²) in [5.41, 5.74) is 5.74. The number of urea groups is 1. The summed E-state index contributed by atoms with van der Waals surface area (Å²) in [6.07, 6.45) is 0. The number of nitrogens with one attached hydrogen (secondary N) is 1. The molecule has 2 amide bonds. The van der Waals surface area contributed by atoms with Crippen LogP contribution in [0.5, 0.6) is 0 Å². The summed E-state index contributed by atoms with van der Waals surface area (Å²) in [6, 6.07) is 7.38. The van der Waals surface area contributed by atoms with E-state index in [1.165, 1.54) is 14.0 Å². The fourth-order valence-corrected chi connectivity index (χ4v) is 4.19. The summed E-state index contributed by atoms with van der Waals surface area (Å²) < 4.78 is 23.5. The summed E-state index contributed by atoms with van der Waals surface area (Å²) in [5.74, 6) is -0.756. The molecule has 0 aliphatic rings. The molecule has 0 saturated carbocycles. The lowest BCUT2D eigenvalue weighted by Crippen LogP contribution is -2.36. The van der Waals surface area contributed by atoms with Gasteiger partial charge in [0.25, 0.3) is 7.37 Å². The number of primary amides is 1. The summed E-state index contributed by atoms with van der Waals surface area (Å²) in [6.45, 7) is 3.17. The number of benzene rings is 1. The highest BCUT2D eigenvalue weighted by molar-refractivity contribution is 7.69. The molecule has 0 bridgehead atoms. The first-order chi connectivity index (χ1) is 10.9. The van der Waals surface area contributed by atoms with E-state index in [9.17, 15) is 14.2 Å². The van der Waals surface area contributed by atoms with Gasteiger partial charge in [-0.1, -0.05) is 18.2 Å². The van der Waals surface area contributed by atoms with Gasteiger partial charge < -0.3 is 15.0 Å². The van der Waals surface area contributed by atoms with Crippen molar-refractivity contribution in [3.8, 4) is 0 Å². The van der Waals surface area contributed by atoms with E-state index in [0.29, 0.717) is 5.30 Å². The zero-order chi connectivity index (χ0) is 17.5. The molecule has 0 saturated heterocycles. The van der Waals surface area contributed by atoms with Crippen molar-refractivity contribution in [2.75, 3.05) is 13.7 Å². The fourth-order valence-electron chi connectivity index (χ4n) is 1.98. The second-order valence-corrected chi connectivity index (χ2v) is 7.09. The number of ether oxygens (including phenoxy) is 1. The normalized spacial score (nSPS) is 15.3. The molecule has 0 aliphatic carbocycles. The number of hydrazone groups is 1. The van der Waals surface area contributed by atoms with Crippen LogP contribution in [0, 0.1) is 0 Å². The predicted molar refractivity (Wildman–Crippen MR) is 86.9 cm³/mol. The van der Waals surface area contributed by atoms with Crippen molar-refractivity contribution in [3.63, 3.8) is 0 Å². The van der Waals surface area contributed by atoms with Gasteiger partial charge in [0.1, 0.15) is 0 Å². The van der Waals surface area contributed by atoms with Crippen LogP contribution >= 0.6 is 7.37 Å². The van der Waals surface area contributed by atoms with E-state index in [4.69, 9.17) is 15.0 Å². The molecule has 1 aromatic carbocycles. The Bertz CT molecular complexity index is 633. The van der Waals surface area contributed by atoms with Gasteiger partial charge in [-0.05, 0) is 26.0 Å². The highest BCUT2D eigenvalue weighted by Gasteiger charge is 2.44. The number of carbonyl (C=O) groups is 2. The predicted octanol–water partition coefficient (Wildman–Crippen LogP) is 1.21. The minimum Gasteiger partial charge on any atom is -0.465 e. The first-order valence-electron chi connectivity index (χ1n) is 6.84. The average molecular weight is 341 g/mol. The Kier molecular flexibility index (Phi) is 6.93. The van der Waals surface area contributed by atoms with Gasteiger partial charge in [-0.2, -0.15) is 5.10 Å². The van der Waals surface area contributed by atoms with E-state index in [2.05, 4.69) is 5.10 Å². The van der Waals surface area contributed by atoms with Crippen molar-refractivity contribution >= 4 is 30.4 Å². The molecule has 23 heavy (non-hydrogen) atoms. The second-order valence-electron chi connectivity index (χ2n) is 4.50. The molecule has 2 atom stereocenters. The fraction of sp³-hybridized carbons (Fsp3) is 0.357. The molecular weight excluding hydrogens is 321 g/mol. The molecule has 0 heterocycles. The number of esters is 1. The van der Waals surface area contributed by atoms with Crippen LogP contribution in [0.3, 0.4) is 0 Å². The molecule has 3 N–H and O–H groups in total. The molecule has 1 aromatic rings. The van der Waals surface area contributed by atoms with Crippen molar-refractivity contribution in [2.24, 2.45) is 10.8 Å². The summed E-state index contributed by atoms with van der Waals surface area (Å²) in [7, 11) is -2.42. The largest absolute Gasteiger partial charge is 0.465 e. The molecule has 9 heteroatoms. The van der Waals surface area contributed by atoms with Crippen molar-refractivity contribution in [1.29, 1.82) is 0 Å². The van der Waals surface area contributed by atoms with Crippen LogP contribution in [0.1, 0.15) is 13.8 Å². The monoisotopic (exact) mass is 341 g/mol. The van der Waals surface area contributed by atoms with E-state index in [-0.39, 0.29) is 12.3 Å². The molecule has 0 spiro atoms. The van der Waals surface area contributed by atoms with E-state index in [1.54, 1.807) is 37.3 Å². The van der Waals surface area contributed by atoms with Gasteiger partial charge in [0.15, 0.2) is 5.66 Å². The van der Waals surface area contributed by atoms with E-state index < -0.39 is 25.0 Å². The van der Waals surface area contributed by atoms with Gasteiger partial charge in [-0.15, -0.1) is 0 Å². The Hall–Kier alpha value is -2.18. The number of rotatable bonds is 7. The van der Waals surface area contributed by atoms with Gasteiger partial charge in [0.2, 0.25) is 0 Å². The third kappa shape index (κ3) is 4.64. The highest BCUT2D eigenvalue weighted by Crippen LogP contribution is 2.51. The van der Waals surface area contributed by atoms with E-state index in [0.717, 1.165) is 0 Å². The average Bonchev–Trinajstić information content (AvgIpc) is 2.54. The van der Waals surface area contributed by atoms with Crippen LogP contribution in [0.4, 0.5) is 4.79 Å². The van der Waals surface area contributed by atoms with E-state index >= 15 is 0 Å². The third-order valence-corrected chi connectivity index (χ3v) is 5.80. The molecule has 126 valence electrons.